The maximum absolute atomic E-state index is 14.2. The van der Waals surface area contributed by atoms with Gasteiger partial charge in [0.05, 0.1) is 11.4 Å². The van der Waals surface area contributed by atoms with Gasteiger partial charge in [-0.25, -0.2) is 4.68 Å². The topological polar surface area (TPSA) is 46.9 Å². The minimum absolute atomic E-state index is 0.0895. The van der Waals surface area contributed by atoms with E-state index in [0.29, 0.717) is 16.9 Å². The normalized spacial score (nSPS) is 10.3. The van der Waals surface area contributed by atoms with Gasteiger partial charge in [-0.15, -0.1) is 6.42 Å². The summed E-state index contributed by atoms with van der Waals surface area (Å²) in [5.41, 5.74) is 2.90. The van der Waals surface area contributed by atoms with E-state index < -0.39 is 11.9 Å². The molecular formula is C20H16FN3O. The van der Waals surface area contributed by atoms with Gasteiger partial charge in [-0.3, -0.25) is 4.79 Å². The van der Waals surface area contributed by atoms with Crippen molar-refractivity contribution in [1.29, 1.82) is 0 Å². The van der Waals surface area contributed by atoms with E-state index in [9.17, 15) is 9.18 Å². The number of nitrogens with zero attached hydrogens (tertiary/aromatic N) is 2. The second kappa shape index (κ2) is 6.62. The Morgan fingerprint density at radius 3 is 2.52 bits per heavy atom. The highest BCUT2D eigenvalue weighted by Gasteiger charge is 2.22. The number of aryl methyl sites for hydroxylation is 2. The maximum Gasteiger partial charge on any atom is 0.262 e. The van der Waals surface area contributed by atoms with Crippen LogP contribution in [0.25, 0.3) is 11.1 Å². The molecule has 3 rings (SSSR count). The van der Waals surface area contributed by atoms with Crippen LogP contribution in [0.4, 0.5) is 10.1 Å². The quantitative estimate of drug-likeness (QED) is 0.742. The average Bonchev–Trinajstić information content (AvgIpc) is 2.88. The molecule has 2 aromatic carbocycles. The van der Waals surface area contributed by atoms with Gasteiger partial charge in [-0.05, 0) is 18.6 Å². The fraction of sp³-hybridized carbons (Fsp3) is 0.100. The first-order valence-electron chi connectivity index (χ1n) is 7.68. The summed E-state index contributed by atoms with van der Waals surface area (Å²) in [6, 6.07) is 14.9. The Labute approximate surface area is 145 Å². The lowest BCUT2D eigenvalue weighted by molar-refractivity contribution is 0.102. The number of anilines is 1. The van der Waals surface area contributed by atoms with Crippen molar-refractivity contribution in [3.05, 3.63) is 71.3 Å². The highest BCUT2D eigenvalue weighted by molar-refractivity contribution is 6.08. The van der Waals surface area contributed by atoms with Crippen LogP contribution in [0, 0.1) is 25.2 Å². The molecule has 0 saturated carbocycles. The Hall–Kier alpha value is -3.39. The molecule has 1 N–H and O–H groups in total. The highest BCUT2D eigenvalue weighted by atomic mass is 19.1. The van der Waals surface area contributed by atoms with Crippen LogP contribution in [0.15, 0.2) is 48.5 Å². The van der Waals surface area contributed by atoms with E-state index in [4.69, 9.17) is 6.42 Å². The summed E-state index contributed by atoms with van der Waals surface area (Å²) in [5.74, 6) is 1.30. The molecule has 0 aliphatic heterocycles. The molecule has 5 heteroatoms. The predicted octanol–water partition coefficient (Wildman–Crippen LogP) is 3.77. The van der Waals surface area contributed by atoms with E-state index in [2.05, 4.69) is 16.3 Å². The number of para-hydroxylation sites is 1. The molecule has 0 unspecified atom stereocenters. The summed E-state index contributed by atoms with van der Waals surface area (Å²) in [4.78, 5) is 12.6. The van der Waals surface area contributed by atoms with E-state index in [1.165, 1.54) is 7.05 Å². The summed E-state index contributed by atoms with van der Waals surface area (Å²) < 4.78 is 15.2. The Morgan fingerprint density at radius 1 is 1.20 bits per heavy atom. The predicted molar refractivity (Wildman–Crippen MR) is 95.7 cm³/mol. The average molecular weight is 333 g/mol. The molecule has 0 fully saturated rings. The molecular weight excluding hydrogens is 317 g/mol. The molecule has 1 amide bonds. The van der Waals surface area contributed by atoms with Crippen molar-refractivity contribution in [1.82, 2.24) is 9.78 Å². The molecule has 0 aliphatic carbocycles. The number of carbonyl (C=O) groups is 1. The second-order valence-corrected chi connectivity index (χ2v) is 5.57. The number of amides is 1. The lowest BCUT2D eigenvalue weighted by atomic mass is 10.00. The monoisotopic (exact) mass is 333 g/mol. The van der Waals surface area contributed by atoms with Gasteiger partial charge in [0.2, 0.25) is 5.95 Å². The molecule has 1 aromatic heterocycles. The number of hydrogen-bond donors (Lipinski definition) is 1. The van der Waals surface area contributed by atoms with Crippen LogP contribution in [-0.4, -0.2) is 15.7 Å². The van der Waals surface area contributed by atoms with Crippen molar-refractivity contribution in [2.24, 2.45) is 7.05 Å². The Kier molecular flexibility index (Phi) is 4.36. The summed E-state index contributed by atoms with van der Waals surface area (Å²) in [7, 11) is 1.45. The molecule has 0 bridgehead atoms. The number of hydrogen-bond acceptors (Lipinski definition) is 2. The molecule has 124 valence electrons. The maximum atomic E-state index is 14.2. The van der Waals surface area contributed by atoms with Gasteiger partial charge in [-0.1, -0.05) is 48.4 Å². The smallest absolute Gasteiger partial charge is 0.262 e. The molecule has 25 heavy (non-hydrogen) atoms. The summed E-state index contributed by atoms with van der Waals surface area (Å²) >= 11 is 0. The third kappa shape index (κ3) is 3.02. The Bertz CT molecular complexity index is 984. The van der Waals surface area contributed by atoms with Gasteiger partial charge >= 0.3 is 0 Å². The van der Waals surface area contributed by atoms with Crippen LogP contribution >= 0.6 is 0 Å². The number of aromatic nitrogens is 2. The SMILES string of the molecule is C#Cc1cccc(-c2ccccc2)c1NC(=O)c1c(C)nn(C)c1F. The van der Waals surface area contributed by atoms with Crippen LogP contribution in [-0.2, 0) is 7.05 Å². The van der Waals surface area contributed by atoms with Crippen LogP contribution in [0.3, 0.4) is 0 Å². The van der Waals surface area contributed by atoms with Gasteiger partial charge < -0.3 is 5.32 Å². The van der Waals surface area contributed by atoms with Crippen molar-refractivity contribution >= 4 is 11.6 Å². The van der Waals surface area contributed by atoms with Gasteiger partial charge in [0, 0.05) is 18.2 Å². The van der Waals surface area contributed by atoms with E-state index in [1.807, 2.05) is 42.5 Å². The molecule has 1 heterocycles. The lowest BCUT2D eigenvalue weighted by Crippen LogP contribution is -2.16. The van der Waals surface area contributed by atoms with Crippen LogP contribution < -0.4 is 5.32 Å². The van der Waals surface area contributed by atoms with E-state index in [1.54, 1.807) is 13.0 Å². The second-order valence-electron chi connectivity index (χ2n) is 5.57. The molecule has 0 saturated heterocycles. The first-order valence-corrected chi connectivity index (χ1v) is 7.68. The van der Waals surface area contributed by atoms with Crippen molar-refractivity contribution < 1.29 is 9.18 Å². The fourth-order valence-electron chi connectivity index (χ4n) is 2.73. The molecule has 4 nitrogen and oxygen atoms in total. The van der Waals surface area contributed by atoms with E-state index in [-0.39, 0.29) is 5.56 Å². The van der Waals surface area contributed by atoms with E-state index in [0.717, 1.165) is 15.8 Å². The Balaban J connectivity index is 2.08. The first kappa shape index (κ1) is 16.5. The van der Waals surface area contributed by atoms with Crippen LogP contribution in [0.2, 0.25) is 0 Å². The van der Waals surface area contributed by atoms with Gasteiger partial charge in [0.1, 0.15) is 5.56 Å². The molecule has 3 aromatic rings. The first-order chi connectivity index (χ1) is 12.0. The van der Waals surface area contributed by atoms with Gasteiger partial charge in [0.25, 0.3) is 5.91 Å². The largest absolute Gasteiger partial charge is 0.320 e. The number of terminal acetylenes is 1. The molecule has 0 aliphatic rings. The van der Waals surface area contributed by atoms with Crippen LogP contribution in [0.1, 0.15) is 21.6 Å². The number of benzene rings is 2. The standard InChI is InChI=1S/C20H16FN3O/c1-4-14-11-8-12-16(15-9-6-5-7-10-15)18(14)22-20(25)17-13(2)23-24(3)19(17)21/h1,5-12H,2-3H3,(H,22,25). The summed E-state index contributed by atoms with van der Waals surface area (Å²) in [5, 5.41) is 6.70. The molecule has 0 atom stereocenters. The minimum atomic E-state index is -0.686. The lowest BCUT2D eigenvalue weighted by Gasteiger charge is -2.13. The van der Waals surface area contributed by atoms with Crippen molar-refractivity contribution in [2.45, 2.75) is 6.92 Å². The number of nitrogens with one attached hydrogen (secondary N) is 1. The molecule has 0 radical (unpaired) electrons. The van der Waals surface area contributed by atoms with Crippen molar-refractivity contribution in [3.63, 3.8) is 0 Å². The van der Waals surface area contributed by atoms with E-state index >= 15 is 0 Å². The zero-order valence-corrected chi connectivity index (χ0v) is 13.9. The summed E-state index contributed by atoms with van der Waals surface area (Å²) in [6.45, 7) is 1.59. The number of halogens is 1. The van der Waals surface area contributed by atoms with Crippen molar-refractivity contribution in [2.75, 3.05) is 5.32 Å². The minimum Gasteiger partial charge on any atom is -0.320 e. The van der Waals surface area contributed by atoms with Gasteiger partial charge in [0.15, 0.2) is 0 Å². The third-order valence-corrected chi connectivity index (χ3v) is 3.92. The van der Waals surface area contributed by atoms with Gasteiger partial charge in [-0.2, -0.15) is 9.49 Å². The number of rotatable bonds is 3. The number of carbonyl (C=O) groups excluding carboxylic acids is 1. The molecule has 0 spiro atoms. The highest BCUT2D eigenvalue weighted by Crippen LogP contribution is 2.31. The van der Waals surface area contributed by atoms with Crippen LogP contribution in [0.5, 0.6) is 0 Å². The zero-order chi connectivity index (χ0) is 18.0. The zero-order valence-electron chi connectivity index (χ0n) is 13.9. The Morgan fingerprint density at radius 2 is 1.92 bits per heavy atom. The summed E-state index contributed by atoms with van der Waals surface area (Å²) in [6.07, 6.45) is 5.58. The fourth-order valence-corrected chi connectivity index (χ4v) is 2.73. The third-order valence-electron chi connectivity index (χ3n) is 3.92. The van der Waals surface area contributed by atoms with Crippen molar-refractivity contribution in [3.8, 4) is 23.5 Å².